The molecular weight excluding hydrogens is 214 g/mol. The van der Waals surface area contributed by atoms with Gasteiger partial charge in [-0.2, -0.15) is 10.4 Å². The van der Waals surface area contributed by atoms with Crippen LogP contribution in [0.5, 0.6) is 0 Å². The lowest BCUT2D eigenvalue weighted by Gasteiger charge is -2.03. The van der Waals surface area contributed by atoms with Crippen LogP contribution in [-0.2, 0) is 6.54 Å². The molecule has 86 valence electrons. The van der Waals surface area contributed by atoms with Gasteiger partial charge < -0.3 is 11.1 Å². The highest BCUT2D eigenvalue weighted by molar-refractivity contribution is 5.63. The summed E-state index contributed by atoms with van der Waals surface area (Å²) < 4.78 is 1.62. The molecule has 0 aliphatic heterocycles. The monoisotopic (exact) mass is 227 g/mol. The van der Waals surface area contributed by atoms with Crippen molar-refractivity contribution in [3.05, 3.63) is 41.5 Å². The molecule has 0 saturated carbocycles. The summed E-state index contributed by atoms with van der Waals surface area (Å²) in [5, 5.41) is 16.1. The van der Waals surface area contributed by atoms with Crippen molar-refractivity contribution in [3.63, 3.8) is 0 Å². The van der Waals surface area contributed by atoms with Crippen molar-refractivity contribution >= 4 is 11.6 Å². The van der Waals surface area contributed by atoms with Crippen molar-refractivity contribution in [3.8, 4) is 6.07 Å². The van der Waals surface area contributed by atoms with E-state index in [0.717, 1.165) is 5.56 Å². The first-order valence-electron chi connectivity index (χ1n) is 5.24. The molecule has 0 bridgehead atoms. The number of nitrogens with two attached hydrogens (primary N) is 1. The molecule has 0 amide bonds. The van der Waals surface area contributed by atoms with Crippen LogP contribution in [-0.4, -0.2) is 16.8 Å². The maximum atomic E-state index is 8.99. The Balaban J connectivity index is 2.35. The van der Waals surface area contributed by atoms with Gasteiger partial charge in [-0.3, -0.25) is 0 Å². The van der Waals surface area contributed by atoms with E-state index in [4.69, 9.17) is 11.0 Å². The van der Waals surface area contributed by atoms with Crippen LogP contribution in [0, 0.1) is 11.3 Å². The van der Waals surface area contributed by atoms with Gasteiger partial charge in [0.2, 0.25) is 0 Å². The third-order valence-corrected chi connectivity index (χ3v) is 2.52. The van der Waals surface area contributed by atoms with Crippen LogP contribution in [0.2, 0.25) is 0 Å². The van der Waals surface area contributed by atoms with Gasteiger partial charge in [-0.05, 0) is 5.56 Å². The first kappa shape index (κ1) is 11.0. The molecule has 0 fully saturated rings. The number of aromatic nitrogens is 2. The second-order valence-corrected chi connectivity index (χ2v) is 3.61. The number of nitrogen functional groups attached to an aromatic ring is 1. The van der Waals surface area contributed by atoms with E-state index in [9.17, 15) is 0 Å². The minimum absolute atomic E-state index is 0.390. The predicted molar refractivity (Wildman–Crippen MR) is 66.4 cm³/mol. The fourth-order valence-electron chi connectivity index (χ4n) is 1.64. The van der Waals surface area contributed by atoms with E-state index in [1.54, 1.807) is 11.7 Å². The zero-order chi connectivity index (χ0) is 12.3. The first-order chi connectivity index (χ1) is 8.26. The van der Waals surface area contributed by atoms with Gasteiger partial charge in [0.1, 0.15) is 17.5 Å². The topological polar surface area (TPSA) is 79.7 Å². The highest BCUT2D eigenvalue weighted by Gasteiger charge is 2.13. The Labute approximate surface area is 99.5 Å². The lowest BCUT2D eigenvalue weighted by Crippen LogP contribution is -2.06. The summed E-state index contributed by atoms with van der Waals surface area (Å²) in [6, 6.07) is 11.9. The largest absolute Gasteiger partial charge is 0.383 e. The molecule has 0 atom stereocenters. The molecule has 5 heteroatoms. The summed E-state index contributed by atoms with van der Waals surface area (Å²) in [5.41, 5.74) is 7.36. The van der Waals surface area contributed by atoms with Crippen molar-refractivity contribution in [2.75, 3.05) is 18.1 Å². The third kappa shape index (κ3) is 2.06. The van der Waals surface area contributed by atoms with E-state index in [-0.39, 0.29) is 0 Å². The summed E-state index contributed by atoms with van der Waals surface area (Å²) in [5.74, 6) is 0.904. The van der Waals surface area contributed by atoms with E-state index < -0.39 is 0 Å². The highest BCUT2D eigenvalue weighted by Crippen LogP contribution is 2.20. The minimum Gasteiger partial charge on any atom is -0.383 e. The number of hydrogen-bond acceptors (Lipinski definition) is 4. The van der Waals surface area contributed by atoms with Gasteiger partial charge in [0.05, 0.1) is 6.54 Å². The number of benzene rings is 1. The van der Waals surface area contributed by atoms with Gasteiger partial charge in [0.25, 0.3) is 0 Å². The Morgan fingerprint density at radius 2 is 2.12 bits per heavy atom. The summed E-state index contributed by atoms with van der Waals surface area (Å²) in [7, 11) is 1.72. The summed E-state index contributed by atoms with van der Waals surface area (Å²) in [4.78, 5) is 0. The van der Waals surface area contributed by atoms with Crippen LogP contribution in [0.25, 0.3) is 0 Å². The molecule has 0 radical (unpaired) electrons. The maximum absolute atomic E-state index is 8.99. The van der Waals surface area contributed by atoms with Crippen LogP contribution in [0.15, 0.2) is 30.3 Å². The van der Waals surface area contributed by atoms with E-state index in [1.807, 2.05) is 30.3 Å². The Bertz CT molecular complexity index is 550. The molecule has 5 nitrogen and oxygen atoms in total. The van der Waals surface area contributed by atoms with Gasteiger partial charge in [-0.25, -0.2) is 4.68 Å². The quantitative estimate of drug-likeness (QED) is 0.831. The second-order valence-electron chi connectivity index (χ2n) is 3.61. The fourth-order valence-corrected chi connectivity index (χ4v) is 1.64. The highest BCUT2D eigenvalue weighted by atomic mass is 15.3. The van der Waals surface area contributed by atoms with Crippen molar-refractivity contribution in [2.24, 2.45) is 0 Å². The van der Waals surface area contributed by atoms with Crippen LogP contribution >= 0.6 is 0 Å². The van der Waals surface area contributed by atoms with Crippen molar-refractivity contribution in [1.82, 2.24) is 9.78 Å². The van der Waals surface area contributed by atoms with Crippen molar-refractivity contribution in [2.45, 2.75) is 6.54 Å². The SMILES string of the molecule is CNc1nn(Cc2ccccc2)c(N)c1C#N. The zero-order valence-electron chi connectivity index (χ0n) is 9.51. The molecule has 17 heavy (non-hydrogen) atoms. The molecule has 1 aromatic heterocycles. The minimum atomic E-state index is 0.390. The summed E-state index contributed by atoms with van der Waals surface area (Å²) in [6.07, 6.45) is 0. The molecule has 1 heterocycles. The average molecular weight is 227 g/mol. The van der Waals surface area contributed by atoms with Crippen molar-refractivity contribution in [1.29, 1.82) is 5.26 Å². The standard InChI is InChI=1S/C12H13N5/c1-15-12-10(7-13)11(14)17(16-12)8-9-5-3-2-4-6-9/h2-6H,8,14H2,1H3,(H,15,16). The molecular formula is C12H13N5. The molecule has 3 N–H and O–H groups in total. The molecule has 2 aromatic rings. The van der Waals surface area contributed by atoms with Crippen molar-refractivity contribution < 1.29 is 0 Å². The van der Waals surface area contributed by atoms with Gasteiger partial charge in [-0.1, -0.05) is 30.3 Å². The Hall–Kier alpha value is -2.48. The molecule has 0 spiro atoms. The van der Waals surface area contributed by atoms with Gasteiger partial charge in [0, 0.05) is 7.05 Å². The molecule has 1 aromatic carbocycles. The van der Waals surface area contributed by atoms with Gasteiger partial charge in [-0.15, -0.1) is 0 Å². The van der Waals surface area contributed by atoms with E-state index in [0.29, 0.717) is 23.7 Å². The Morgan fingerprint density at radius 1 is 1.41 bits per heavy atom. The summed E-state index contributed by atoms with van der Waals surface area (Å²) in [6.45, 7) is 0.559. The smallest absolute Gasteiger partial charge is 0.168 e. The molecule has 0 aliphatic carbocycles. The summed E-state index contributed by atoms with van der Waals surface area (Å²) >= 11 is 0. The number of nitriles is 1. The lowest BCUT2D eigenvalue weighted by atomic mass is 10.2. The lowest BCUT2D eigenvalue weighted by molar-refractivity contribution is 0.699. The molecule has 0 unspecified atom stereocenters. The van der Waals surface area contributed by atoms with Gasteiger partial charge >= 0.3 is 0 Å². The maximum Gasteiger partial charge on any atom is 0.168 e. The van der Waals surface area contributed by atoms with Gasteiger partial charge in [0.15, 0.2) is 5.82 Å². The molecule has 2 rings (SSSR count). The van der Waals surface area contributed by atoms with E-state index in [2.05, 4.69) is 16.5 Å². The predicted octanol–water partition coefficient (Wildman–Crippen LogP) is 1.43. The third-order valence-electron chi connectivity index (χ3n) is 2.52. The normalized spacial score (nSPS) is 9.88. The fraction of sp³-hybridized carbons (Fsp3) is 0.167. The average Bonchev–Trinajstić information content (AvgIpc) is 2.67. The molecule has 0 saturated heterocycles. The van der Waals surface area contributed by atoms with Crippen LogP contribution < -0.4 is 11.1 Å². The Kier molecular flexibility index (Phi) is 2.97. The van der Waals surface area contributed by atoms with Crippen LogP contribution in [0.4, 0.5) is 11.6 Å². The molecule has 0 aliphatic rings. The van der Waals surface area contributed by atoms with Crippen LogP contribution in [0.3, 0.4) is 0 Å². The number of rotatable bonds is 3. The number of hydrogen-bond donors (Lipinski definition) is 2. The van der Waals surface area contributed by atoms with Crippen LogP contribution in [0.1, 0.15) is 11.1 Å². The number of nitrogens with one attached hydrogen (secondary N) is 1. The number of anilines is 2. The second kappa shape index (κ2) is 4.58. The van der Waals surface area contributed by atoms with E-state index in [1.165, 1.54) is 0 Å². The number of nitrogens with zero attached hydrogens (tertiary/aromatic N) is 3. The van der Waals surface area contributed by atoms with E-state index >= 15 is 0 Å². The Morgan fingerprint density at radius 3 is 2.65 bits per heavy atom. The zero-order valence-corrected chi connectivity index (χ0v) is 9.51. The first-order valence-corrected chi connectivity index (χ1v) is 5.24.